The second kappa shape index (κ2) is 10.9. The zero-order valence-electron chi connectivity index (χ0n) is 15.3. The Morgan fingerprint density at radius 3 is 2.70 bits per heavy atom. The molecule has 0 saturated heterocycles. The predicted molar refractivity (Wildman–Crippen MR) is 102 cm³/mol. The van der Waals surface area contributed by atoms with Crippen LogP contribution in [0.15, 0.2) is 29.4 Å². The first-order valence-corrected chi connectivity index (χ1v) is 9.14. The minimum absolute atomic E-state index is 0.0901. The molecule has 0 unspecified atom stereocenters. The molecule has 0 saturated carbocycles. The first kappa shape index (κ1) is 20.3. The summed E-state index contributed by atoms with van der Waals surface area (Å²) >= 11 is 0. The number of nitro benzene ring substituents is 1. The fourth-order valence-corrected chi connectivity index (χ4v) is 2.68. The molecule has 1 aromatic carbocycles. The molecule has 1 heterocycles. The molecule has 0 aliphatic heterocycles. The lowest BCUT2D eigenvalue weighted by Gasteiger charge is -2.07. The van der Waals surface area contributed by atoms with Crippen LogP contribution in [0.25, 0.3) is 11.0 Å². The highest BCUT2D eigenvalue weighted by atomic mass is 16.6. The summed E-state index contributed by atoms with van der Waals surface area (Å²) < 4.78 is 4.63. The number of benzene rings is 1. The summed E-state index contributed by atoms with van der Waals surface area (Å²) in [6, 6.07) is 2.98. The van der Waals surface area contributed by atoms with Crippen LogP contribution in [-0.4, -0.2) is 34.2 Å². The zero-order chi connectivity index (χ0) is 19.5. The highest BCUT2D eigenvalue weighted by molar-refractivity contribution is 5.93. The molecule has 2 rings (SSSR count). The maximum Gasteiger partial charge on any atom is 0.300 e. The Hall–Kier alpha value is -2.97. The molecule has 0 atom stereocenters. The smallest absolute Gasteiger partial charge is 0.300 e. The molecule has 27 heavy (non-hydrogen) atoms. The number of nitro groups is 1. The number of anilines is 1. The summed E-state index contributed by atoms with van der Waals surface area (Å²) in [6.45, 7) is 5.06. The van der Waals surface area contributed by atoms with Crippen LogP contribution in [0.5, 0.6) is 0 Å². The maximum atomic E-state index is 11.7. The Morgan fingerprint density at radius 1 is 1.15 bits per heavy atom. The van der Waals surface area contributed by atoms with Gasteiger partial charge in [-0.2, -0.15) is 0 Å². The molecule has 0 bridgehead atoms. The number of hydrogen-bond acceptors (Lipinski definition) is 7. The average Bonchev–Trinajstić information content (AvgIpc) is 3.14. The third-order valence-corrected chi connectivity index (χ3v) is 4.14. The number of aromatic nitrogens is 2. The number of carbonyl (C=O) groups excluding carboxylic acids is 1. The van der Waals surface area contributed by atoms with Crippen molar-refractivity contribution < 1.29 is 14.3 Å². The lowest BCUT2D eigenvalue weighted by Crippen LogP contribution is -2.23. The first-order chi connectivity index (χ1) is 13.1. The third kappa shape index (κ3) is 6.36. The molecule has 0 aliphatic rings. The van der Waals surface area contributed by atoms with E-state index in [-0.39, 0.29) is 17.1 Å². The Labute approximate surface area is 157 Å². The van der Waals surface area contributed by atoms with Crippen LogP contribution in [0.2, 0.25) is 0 Å². The molecule has 2 aromatic rings. The Bertz CT molecular complexity index is 774. The summed E-state index contributed by atoms with van der Waals surface area (Å²) in [5, 5.41) is 24.4. The lowest BCUT2D eigenvalue weighted by molar-refractivity contribution is -0.383. The van der Waals surface area contributed by atoms with Crippen molar-refractivity contribution in [1.29, 1.82) is 0 Å². The van der Waals surface area contributed by atoms with Crippen LogP contribution in [0.4, 0.5) is 11.4 Å². The van der Waals surface area contributed by atoms with E-state index in [0.29, 0.717) is 24.2 Å². The van der Waals surface area contributed by atoms with E-state index >= 15 is 0 Å². The van der Waals surface area contributed by atoms with Gasteiger partial charge in [-0.25, -0.2) is 4.63 Å². The molecule has 2 N–H and O–H groups in total. The summed E-state index contributed by atoms with van der Waals surface area (Å²) in [5.41, 5.74) is 0.996. The zero-order valence-corrected chi connectivity index (χ0v) is 15.3. The monoisotopic (exact) mass is 375 g/mol. The summed E-state index contributed by atoms with van der Waals surface area (Å²) in [4.78, 5) is 22.2. The Kier molecular flexibility index (Phi) is 8.21. The number of nitrogens with one attached hydrogen (secondary N) is 2. The van der Waals surface area contributed by atoms with Crippen molar-refractivity contribution in [2.45, 2.75) is 44.9 Å². The van der Waals surface area contributed by atoms with E-state index in [4.69, 9.17) is 0 Å². The van der Waals surface area contributed by atoms with E-state index < -0.39 is 4.92 Å². The molecule has 0 radical (unpaired) electrons. The lowest BCUT2D eigenvalue weighted by atomic mass is 10.1. The molecule has 1 aromatic heterocycles. The van der Waals surface area contributed by atoms with Gasteiger partial charge in [0.05, 0.1) is 10.6 Å². The largest absolute Gasteiger partial charge is 0.383 e. The van der Waals surface area contributed by atoms with Crippen LogP contribution < -0.4 is 10.6 Å². The number of unbranched alkanes of at least 4 members (excludes halogenated alkanes) is 4. The van der Waals surface area contributed by atoms with E-state index in [9.17, 15) is 14.9 Å². The van der Waals surface area contributed by atoms with Crippen molar-refractivity contribution in [2.24, 2.45) is 0 Å². The van der Waals surface area contributed by atoms with Crippen LogP contribution in [0.1, 0.15) is 44.9 Å². The van der Waals surface area contributed by atoms with E-state index in [2.05, 4.69) is 32.2 Å². The van der Waals surface area contributed by atoms with Crippen molar-refractivity contribution in [3.8, 4) is 0 Å². The van der Waals surface area contributed by atoms with Gasteiger partial charge in [-0.3, -0.25) is 14.9 Å². The van der Waals surface area contributed by atoms with Crippen molar-refractivity contribution in [1.82, 2.24) is 15.6 Å². The van der Waals surface area contributed by atoms with Crippen LogP contribution in [-0.2, 0) is 4.79 Å². The van der Waals surface area contributed by atoms with Gasteiger partial charge in [-0.15, -0.1) is 6.58 Å². The normalized spacial score (nSPS) is 10.7. The number of amides is 1. The quantitative estimate of drug-likeness (QED) is 0.237. The van der Waals surface area contributed by atoms with Crippen LogP contribution >= 0.6 is 0 Å². The minimum atomic E-state index is -0.513. The van der Waals surface area contributed by atoms with E-state index in [1.807, 2.05) is 6.08 Å². The molecular formula is C18H25N5O4. The summed E-state index contributed by atoms with van der Waals surface area (Å²) in [6.07, 6.45) is 8.01. The standard InChI is InChI=1S/C18H25N5O4/c1-2-3-4-7-13-20-16(24)9-6-5-8-12-19-14-10-11-15(23(25)26)18-17(14)21-27-22-18/h2,10-11,19H,1,3-9,12-13H2,(H,20,24). The van der Waals surface area contributed by atoms with Gasteiger partial charge in [0, 0.05) is 25.6 Å². The SMILES string of the molecule is C=CCCCCNC(=O)CCCCCNc1ccc([N+](=O)[O-])c2nonc12. The van der Waals surface area contributed by atoms with Gasteiger partial charge < -0.3 is 10.6 Å². The highest BCUT2D eigenvalue weighted by Gasteiger charge is 2.19. The Morgan fingerprint density at radius 2 is 1.93 bits per heavy atom. The molecule has 9 nitrogen and oxygen atoms in total. The van der Waals surface area contributed by atoms with E-state index in [0.717, 1.165) is 45.1 Å². The average molecular weight is 375 g/mol. The number of allylic oxidation sites excluding steroid dienone is 1. The maximum absolute atomic E-state index is 11.7. The molecule has 1 amide bonds. The first-order valence-electron chi connectivity index (χ1n) is 9.14. The Balaban J connectivity index is 1.63. The summed E-state index contributed by atoms with van der Waals surface area (Å²) in [5.74, 6) is 0.0901. The molecule has 0 fully saturated rings. The molecule has 9 heteroatoms. The minimum Gasteiger partial charge on any atom is -0.383 e. The number of nitrogens with zero attached hydrogens (tertiary/aromatic N) is 3. The van der Waals surface area contributed by atoms with Gasteiger partial charge in [-0.05, 0) is 48.5 Å². The van der Waals surface area contributed by atoms with Crippen molar-refractivity contribution in [3.05, 3.63) is 34.9 Å². The molecule has 0 spiro atoms. The van der Waals surface area contributed by atoms with Crippen molar-refractivity contribution in [3.63, 3.8) is 0 Å². The van der Waals surface area contributed by atoms with Gasteiger partial charge in [0.25, 0.3) is 0 Å². The molecule has 146 valence electrons. The van der Waals surface area contributed by atoms with E-state index in [1.54, 1.807) is 6.07 Å². The third-order valence-electron chi connectivity index (χ3n) is 4.14. The van der Waals surface area contributed by atoms with Gasteiger partial charge in [-0.1, -0.05) is 12.5 Å². The topological polar surface area (TPSA) is 123 Å². The number of non-ortho nitro benzene ring substituents is 1. The van der Waals surface area contributed by atoms with Crippen molar-refractivity contribution >= 4 is 28.3 Å². The van der Waals surface area contributed by atoms with Gasteiger partial charge in [0.15, 0.2) is 5.52 Å². The second-order valence-electron chi connectivity index (χ2n) is 6.22. The number of carbonyl (C=O) groups is 1. The molecule has 0 aliphatic carbocycles. The number of fused-ring (bicyclic) bond motifs is 1. The van der Waals surface area contributed by atoms with E-state index in [1.165, 1.54) is 6.07 Å². The van der Waals surface area contributed by atoms with Crippen LogP contribution in [0.3, 0.4) is 0 Å². The number of rotatable bonds is 13. The summed E-state index contributed by atoms with van der Waals surface area (Å²) in [7, 11) is 0. The second-order valence-corrected chi connectivity index (χ2v) is 6.22. The molecular weight excluding hydrogens is 350 g/mol. The fraction of sp³-hybridized carbons (Fsp3) is 0.500. The number of hydrogen-bond donors (Lipinski definition) is 2. The van der Waals surface area contributed by atoms with Crippen LogP contribution in [0, 0.1) is 10.1 Å². The van der Waals surface area contributed by atoms with Gasteiger partial charge in [0.2, 0.25) is 11.4 Å². The predicted octanol–water partition coefficient (Wildman–Crippen LogP) is 3.58. The van der Waals surface area contributed by atoms with Gasteiger partial charge >= 0.3 is 5.69 Å². The highest BCUT2D eigenvalue weighted by Crippen LogP contribution is 2.28. The van der Waals surface area contributed by atoms with Gasteiger partial charge in [0.1, 0.15) is 0 Å². The van der Waals surface area contributed by atoms with Crippen molar-refractivity contribution in [2.75, 3.05) is 18.4 Å². The fourth-order valence-electron chi connectivity index (χ4n) is 2.68.